The van der Waals surface area contributed by atoms with Gasteiger partial charge in [0.2, 0.25) is 6.79 Å². The predicted molar refractivity (Wildman–Crippen MR) is 159 cm³/mol. The summed E-state index contributed by atoms with van der Waals surface area (Å²) in [7, 11) is 3.30. The molecule has 0 unspecified atom stereocenters. The van der Waals surface area contributed by atoms with Crippen LogP contribution in [-0.2, 0) is 26.1 Å². The van der Waals surface area contributed by atoms with Crippen LogP contribution in [0.15, 0.2) is 72.1 Å². The summed E-state index contributed by atoms with van der Waals surface area (Å²) in [4.78, 5) is 19.9. The van der Waals surface area contributed by atoms with E-state index in [1.54, 1.807) is 14.2 Å². The second-order valence-electron chi connectivity index (χ2n) is 10.0. The molecule has 8 nitrogen and oxygen atoms in total. The Morgan fingerprint density at radius 1 is 0.976 bits per heavy atom. The molecule has 41 heavy (non-hydrogen) atoms. The molecule has 0 saturated heterocycles. The zero-order chi connectivity index (χ0) is 28.6. The van der Waals surface area contributed by atoms with Crippen molar-refractivity contribution in [3.8, 4) is 23.0 Å². The summed E-state index contributed by atoms with van der Waals surface area (Å²) in [6.07, 6.45) is 1.77. The van der Waals surface area contributed by atoms with Crippen molar-refractivity contribution >= 4 is 17.2 Å². The van der Waals surface area contributed by atoms with E-state index in [0.717, 1.165) is 52.0 Å². The molecule has 0 bridgehead atoms. The predicted octanol–water partition coefficient (Wildman–Crippen LogP) is 5.84. The second kappa shape index (κ2) is 13.5. The van der Waals surface area contributed by atoms with E-state index in [1.165, 1.54) is 16.9 Å². The molecule has 1 N–H and O–H groups in total. The molecule has 1 amide bonds. The molecule has 1 aliphatic rings. The number of amides is 1. The maximum Gasteiger partial charge on any atom is 0.270 e. The van der Waals surface area contributed by atoms with Crippen molar-refractivity contribution in [1.29, 1.82) is 0 Å². The van der Waals surface area contributed by atoms with Crippen molar-refractivity contribution < 1.29 is 23.7 Å². The lowest BCUT2D eigenvalue weighted by molar-refractivity contribution is 0.0933. The van der Waals surface area contributed by atoms with Crippen molar-refractivity contribution in [2.45, 2.75) is 45.4 Å². The van der Waals surface area contributed by atoms with Crippen LogP contribution in [0.2, 0.25) is 0 Å². The fourth-order valence-electron chi connectivity index (χ4n) is 4.77. The van der Waals surface area contributed by atoms with E-state index in [-0.39, 0.29) is 18.7 Å². The van der Waals surface area contributed by atoms with Gasteiger partial charge in [-0.25, -0.2) is 4.98 Å². The van der Waals surface area contributed by atoms with E-state index in [2.05, 4.69) is 22.3 Å². The smallest absolute Gasteiger partial charge is 0.270 e. The molecule has 5 rings (SSSR count). The number of hydrogen-bond donors (Lipinski definition) is 1. The Morgan fingerprint density at radius 3 is 2.61 bits per heavy atom. The van der Waals surface area contributed by atoms with Gasteiger partial charge in [0, 0.05) is 36.1 Å². The number of ether oxygens (including phenoxy) is 4. The van der Waals surface area contributed by atoms with E-state index >= 15 is 0 Å². The number of benzene rings is 3. The molecular formula is C32H35N3O5S. The highest BCUT2D eigenvalue weighted by molar-refractivity contribution is 7.09. The van der Waals surface area contributed by atoms with Crippen molar-refractivity contribution in [2.24, 2.45) is 0 Å². The van der Waals surface area contributed by atoms with E-state index < -0.39 is 0 Å². The van der Waals surface area contributed by atoms with Crippen molar-refractivity contribution in [3.63, 3.8) is 0 Å². The van der Waals surface area contributed by atoms with Crippen LogP contribution < -0.4 is 24.3 Å². The van der Waals surface area contributed by atoms with Gasteiger partial charge in [-0.15, -0.1) is 11.3 Å². The molecule has 9 heteroatoms. The Balaban J connectivity index is 1.27. The van der Waals surface area contributed by atoms with Crippen LogP contribution >= 0.6 is 11.3 Å². The van der Waals surface area contributed by atoms with Crippen molar-refractivity contribution in [3.05, 3.63) is 99.5 Å². The number of aryl methyl sites for hydroxylation is 1. The minimum absolute atomic E-state index is 0.0397. The number of fused-ring (bicyclic) bond motifs is 1. The summed E-state index contributed by atoms with van der Waals surface area (Å²) < 4.78 is 22.1. The third-order valence-corrected chi connectivity index (χ3v) is 7.79. The van der Waals surface area contributed by atoms with Gasteiger partial charge in [0.25, 0.3) is 5.91 Å². The Hall–Kier alpha value is -4.08. The Labute approximate surface area is 244 Å². The van der Waals surface area contributed by atoms with Gasteiger partial charge in [-0.2, -0.15) is 0 Å². The van der Waals surface area contributed by atoms with Crippen LogP contribution in [0, 0.1) is 0 Å². The number of nitrogens with zero attached hydrogens (tertiary/aromatic N) is 2. The van der Waals surface area contributed by atoms with E-state index in [0.29, 0.717) is 25.3 Å². The monoisotopic (exact) mass is 573 g/mol. The number of aromatic nitrogens is 1. The molecule has 0 fully saturated rings. The first-order valence-electron chi connectivity index (χ1n) is 13.6. The van der Waals surface area contributed by atoms with Crippen LogP contribution in [0.1, 0.15) is 45.5 Å². The molecule has 2 heterocycles. The molecule has 214 valence electrons. The molecule has 1 atom stereocenters. The third-order valence-electron chi connectivity index (χ3n) is 6.96. The average Bonchev–Trinajstić information content (AvgIpc) is 3.66. The lowest BCUT2D eigenvalue weighted by atomic mass is 10.1. The number of methoxy groups -OCH3 is 2. The highest BCUT2D eigenvalue weighted by atomic mass is 32.1. The summed E-state index contributed by atoms with van der Waals surface area (Å²) in [6, 6.07) is 22.2. The van der Waals surface area contributed by atoms with Gasteiger partial charge in [-0.1, -0.05) is 42.5 Å². The van der Waals surface area contributed by atoms with Crippen LogP contribution in [-0.4, -0.2) is 42.8 Å². The van der Waals surface area contributed by atoms with Gasteiger partial charge in [-0.05, 0) is 49.1 Å². The third kappa shape index (κ3) is 7.56. The standard InChI is InChI=1S/C32H35N3O5S/c1-22(9-10-23-7-5-4-6-8-23)33-32(36)27-20-41-31(34-27)19-35(17-24-11-14-28-30(15-24)40-21-39-28)18-25-12-13-26(37-2)16-29(25)38-3/h4-8,11-16,20,22H,9-10,17-19,21H2,1-3H3,(H,33,36)/t22-/m1/s1. The summed E-state index contributed by atoms with van der Waals surface area (Å²) >= 11 is 1.49. The Morgan fingerprint density at radius 2 is 1.80 bits per heavy atom. The second-order valence-corrected chi connectivity index (χ2v) is 11.0. The fraction of sp³-hybridized carbons (Fsp3) is 0.312. The van der Waals surface area contributed by atoms with E-state index in [4.69, 9.17) is 23.9 Å². The number of carbonyl (C=O) groups excluding carboxylic acids is 1. The number of rotatable bonds is 13. The maximum atomic E-state index is 13.0. The lowest BCUT2D eigenvalue weighted by Crippen LogP contribution is -2.33. The summed E-state index contributed by atoms with van der Waals surface area (Å²) in [5.74, 6) is 2.85. The first-order valence-corrected chi connectivity index (χ1v) is 14.5. The molecule has 1 aliphatic heterocycles. The van der Waals surface area contributed by atoms with Gasteiger partial charge in [0.1, 0.15) is 22.2 Å². The highest BCUT2D eigenvalue weighted by Crippen LogP contribution is 2.33. The quantitative estimate of drug-likeness (QED) is 0.215. The van der Waals surface area contributed by atoms with Gasteiger partial charge in [-0.3, -0.25) is 9.69 Å². The van der Waals surface area contributed by atoms with E-state index in [1.807, 2.05) is 66.9 Å². The Bertz CT molecular complexity index is 1460. The molecule has 0 aliphatic carbocycles. The number of nitrogens with one attached hydrogen (secondary N) is 1. The molecule has 0 spiro atoms. The SMILES string of the molecule is COc1ccc(CN(Cc2ccc3c(c2)OCO3)Cc2nc(C(=O)N[C@H](C)CCc3ccccc3)cs2)c(OC)c1. The van der Waals surface area contributed by atoms with Crippen LogP contribution in [0.25, 0.3) is 0 Å². The molecule has 4 aromatic rings. The minimum Gasteiger partial charge on any atom is -0.497 e. The Kier molecular flexibility index (Phi) is 9.38. The van der Waals surface area contributed by atoms with Crippen LogP contribution in [0.5, 0.6) is 23.0 Å². The van der Waals surface area contributed by atoms with Crippen LogP contribution in [0.3, 0.4) is 0 Å². The summed E-state index contributed by atoms with van der Waals surface area (Å²) in [5.41, 5.74) is 3.82. The number of hydrogen-bond acceptors (Lipinski definition) is 8. The molecule has 1 aromatic heterocycles. The molecular weight excluding hydrogens is 538 g/mol. The zero-order valence-corrected chi connectivity index (χ0v) is 24.4. The normalized spacial score (nSPS) is 12.8. The summed E-state index contributed by atoms with van der Waals surface area (Å²) in [5, 5.41) is 5.80. The largest absolute Gasteiger partial charge is 0.497 e. The molecule has 3 aromatic carbocycles. The fourth-order valence-corrected chi connectivity index (χ4v) is 5.58. The lowest BCUT2D eigenvalue weighted by Gasteiger charge is -2.23. The van der Waals surface area contributed by atoms with Gasteiger partial charge in [0.15, 0.2) is 11.5 Å². The van der Waals surface area contributed by atoms with Crippen LogP contribution in [0.4, 0.5) is 0 Å². The summed E-state index contributed by atoms with van der Waals surface area (Å²) in [6.45, 7) is 4.08. The number of thiazole rings is 1. The first-order chi connectivity index (χ1) is 20.0. The van der Waals surface area contributed by atoms with Gasteiger partial charge < -0.3 is 24.3 Å². The zero-order valence-electron chi connectivity index (χ0n) is 23.6. The topological polar surface area (TPSA) is 82.2 Å². The number of carbonyl (C=O) groups is 1. The van der Waals surface area contributed by atoms with Crippen molar-refractivity contribution in [2.75, 3.05) is 21.0 Å². The van der Waals surface area contributed by atoms with E-state index in [9.17, 15) is 4.79 Å². The van der Waals surface area contributed by atoms with Gasteiger partial charge >= 0.3 is 0 Å². The first kappa shape index (κ1) is 28.4. The van der Waals surface area contributed by atoms with Gasteiger partial charge in [0.05, 0.1) is 20.8 Å². The molecule has 0 radical (unpaired) electrons. The minimum atomic E-state index is -0.146. The maximum absolute atomic E-state index is 13.0. The molecule has 0 saturated carbocycles. The average molecular weight is 574 g/mol. The van der Waals surface area contributed by atoms with Crippen molar-refractivity contribution in [1.82, 2.24) is 15.2 Å². The highest BCUT2D eigenvalue weighted by Gasteiger charge is 2.19.